The van der Waals surface area contributed by atoms with Gasteiger partial charge in [0, 0.05) is 24.3 Å². The predicted molar refractivity (Wildman–Crippen MR) is 106 cm³/mol. The summed E-state index contributed by atoms with van der Waals surface area (Å²) in [5, 5.41) is 9.68. The highest BCUT2D eigenvalue weighted by atomic mass is 32.1. The van der Waals surface area contributed by atoms with Gasteiger partial charge in [0.2, 0.25) is 6.10 Å². The molecule has 2 aromatic carbocycles. The summed E-state index contributed by atoms with van der Waals surface area (Å²) in [6, 6.07) is 9.97. The van der Waals surface area contributed by atoms with Gasteiger partial charge in [-0.15, -0.1) is 0 Å². The molecule has 1 atom stereocenters. The maximum Gasteiger partial charge on any atom is 0.280 e. The Hall–Kier alpha value is -2.87. The molecule has 2 saturated heterocycles. The number of hydrogen-bond acceptors (Lipinski definition) is 6. The molecule has 4 rings (SSSR count). The summed E-state index contributed by atoms with van der Waals surface area (Å²) in [5.41, 5.74) is 1.84. The van der Waals surface area contributed by atoms with Gasteiger partial charge in [-0.3, -0.25) is 4.79 Å². The Morgan fingerprint density at radius 3 is 2.64 bits per heavy atom. The van der Waals surface area contributed by atoms with Gasteiger partial charge >= 0.3 is 0 Å². The van der Waals surface area contributed by atoms with Crippen molar-refractivity contribution >= 4 is 34.7 Å². The molecule has 8 heteroatoms. The number of rotatable bonds is 4. The van der Waals surface area contributed by atoms with Crippen molar-refractivity contribution in [1.82, 2.24) is 0 Å². The van der Waals surface area contributed by atoms with Gasteiger partial charge in [0.25, 0.3) is 11.1 Å². The quantitative estimate of drug-likeness (QED) is 0.790. The van der Waals surface area contributed by atoms with Crippen LogP contribution < -0.4 is 14.5 Å². The molecule has 0 aliphatic carbocycles. The smallest absolute Gasteiger partial charge is 0.280 e. The van der Waals surface area contributed by atoms with E-state index in [-0.39, 0.29) is 16.5 Å². The molecule has 0 aromatic heterocycles. The SMILES string of the molecule is COc1cc(C2OC(=S)N(c3cccc(N4CCCC4)c3)C2=O)cc(F)c1O. The van der Waals surface area contributed by atoms with Crippen LogP contribution in [0.2, 0.25) is 0 Å². The summed E-state index contributed by atoms with van der Waals surface area (Å²) in [7, 11) is 1.30. The Balaban J connectivity index is 1.65. The van der Waals surface area contributed by atoms with E-state index in [0.717, 1.165) is 37.7 Å². The van der Waals surface area contributed by atoms with Gasteiger partial charge in [-0.25, -0.2) is 9.29 Å². The first-order valence-electron chi connectivity index (χ1n) is 8.95. The minimum Gasteiger partial charge on any atom is -0.502 e. The fourth-order valence-electron chi connectivity index (χ4n) is 3.56. The topological polar surface area (TPSA) is 62.2 Å². The van der Waals surface area contributed by atoms with Crippen LogP contribution in [0.25, 0.3) is 0 Å². The fourth-order valence-corrected chi connectivity index (χ4v) is 3.85. The minimum atomic E-state index is -1.10. The largest absolute Gasteiger partial charge is 0.502 e. The lowest BCUT2D eigenvalue weighted by Gasteiger charge is -2.20. The number of benzene rings is 2. The van der Waals surface area contributed by atoms with Gasteiger partial charge < -0.3 is 19.5 Å². The van der Waals surface area contributed by atoms with Crippen LogP contribution in [-0.2, 0) is 9.53 Å². The highest BCUT2D eigenvalue weighted by Gasteiger charge is 2.41. The fraction of sp³-hybridized carbons (Fsp3) is 0.300. The first-order valence-corrected chi connectivity index (χ1v) is 9.36. The van der Waals surface area contributed by atoms with Gasteiger partial charge in [-0.05, 0) is 55.4 Å². The number of phenols is 1. The maximum absolute atomic E-state index is 14.0. The van der Waals surface area contributed by atoms with Crippen LogP contribution in [0.1, 0.15) is 24.5 Å². The molecule has 2 aliphatic rings. The molecule has 0 bridgehead atoms. The van der Waals surface area contributed by atoms with E-state index < -0.39 is 23.6 Å². The Morgan fingerprint density at radius 1 is 1.21 bits per heavy atom. The zero-order valence-corrected chi connectivity index (χ0v) is 16.0. The molecule has 0 radical (unpaired) electrons. The van der Waals surface area contributed by atoms with Crippen molar-refractivity contribution in [1.29, 1.82) is 0 Å². The zero-order valence-electron chi connectivity index (χ0n) is 15.2. The van der Waals surface area contributed by atoms with Crippen molar-refractivity contribution in [2.45, 2.75) is 18.9 Å². The second-order valence-corrected chi connectivity index (χ2v) is 7.05. The highest BCUT2D eigenvalue weighted by Crippen LogP contribution is 2.38. The van der Waals surface area contributed by atoms with Gasteiger partial charge in [0.1, 0.15) is 0 Å². The molecule has 1 N–H and O–H groups in total. The summed E-state index contributed by atoms with van der Waals surface area (Å²) in [4.78, 5) is 16.6. The molecule has 1 unspecified atom stereocenters. The average Bonchev–Trinajstić information content (AvgIpc) is 3.32. The van der Waals surface area contributed by atoms with Crippen molar-refractivity contribution in [3.05, 3.63) is 47.8 Å². The number of anilines is 2. The van der Waals surface area contributed by atoms with Crippen molar-refractivity contribution in [2.75, 3.05) is 30.0 Å². The van der Waals surface area contributed by atoms with Crippen LogP contribution >= 0.6 is 12.2 Å². The number of methoxy groups -OCH3 is 1. The Labute approximate surface area is 167 Å². The molecule has 2 fully saturated rings. The van der Waals surface area contributed by atoms with E-state index in [2.05, 4.69) is 4.90 Å². The number of nitrogens with zero attached hydrogens (tertiary/aromatic N) is 2. The molecule has 2 heterocycles. The molecule has 0 spiro atoms. The molecule has 6 nitrogen and oxygen atoms in total. The zero-order chi connectivity index (χ0) is 19.8. The Bertz CT molecular complexity index is 946. The van der Waals surface area contributed by atoms with Gasteiger partial charge in [0.15, 0.2) is 17.3 Å². The molecule has 1 amide bonds. The second-order valence-electron chi connectivity index (χ2n) is 6.71. The van der Waals surface area contributed by atoms with E-state index in [1.54, 1.807) is 6.07 Å². The standard InChI is InChI=1S/C20H19FN2O4S/c1-26-16-10-12(9-15(21)17(16)24)18-19(25)23(20(28)27-18)14-6-4-5-13(11-14)22-7-2-3-8-22/h4-6,9-11,18,24H,2-3,7-8H2,1H3. The van der Waals surface area contributed by atoms with E-state index in [1.165, 1.54) is 18.1 Å². The van der Waals surface area contributed by atoms with Crippen molar-refractivity contribution in [3.63, 3.8) is 0 Å². The molecule has 0 saturated carbocycles. The third-order valence-corrected chi connectivity index (χ3v) is 5.26. The lowest BCUT2D eigenvalue weighted by molar-refractivity contribution is -0.122. The monoisotopic (exact) mass is 402 g/mol. The molecular weight excluding hydrogens is 383 g/mol. The van der Waals surface area contributed by atoms with E-state index in [4.69, 9.17) is 21.7 Å². The number of amides is 1. The van der Waals surface area contributed by atoms with Crippen molar-refractivity contribution < 1.29 is 23.8 Å². The summed E-state index contributed by atoms with van der Waals surface area (Å²) < 4.78 is 24.5. The normalized spacial score (nSPS) is 19.3. The number of carbonyl (C=O) groups excluding carboxylic acids is 1. The summed E-state index contributed by atoms with van der Waals surface area (Å²) >= 11 is 5.27. The summed E-state index contributed by atoms with van der Waals surface area (Å²) in [5.74, 6) is -2.01. The van der Waals surface area contributed by atoms with Crippen LogP contribution in [-0.4, -0.2) is 36.4 Å². The summed E-state index contributed by atoms with van der Waals surface area (Å²) in [6.45, 7) is 1.96. The number of carbonyl (C=O) groups is 1. The van der Waals surface area contributed by atoms with Crippen molar-refractivity contribution in [2.24, 2.45) is 0 Å². The predicted octanol–water partition coefficient (Wildman–Crippen LogP) is 3.53. The van der Waals surface area contributed by atoms with Gasteiger partial charge in [-0.2, -0.15) is 0 Å². The lowest BCUT2D eigenvalue weighted by atomic mass is 10.1. The molecule has 146 valence electrons. The molecular formula is C20H19FN2O4S. The number of ether oxygens (including phenoxy) is 2. The second kappa shape index (κ2) is 7.27. The molecule has 28 heavy (non-hydrogen) atoms. The number of hydrogen-bond donors (Lipinski definition) is 1. The molecule has 2 aliphatic heterocycles. The van der Waals surface area contributed by atoms with Crippen LogP contribution in [0.4, 0.5) is 15.8 Å². The third-order valence-electron chi connectivity index (χ3n) is 4.98. The van der Waals surface area contributed by atoms with E-state index in [9.17, 15) is 14.3 Å². The number of aromatic hydroxyl groups is 1. The van der Waals surface area contributed by atoms with Crippen LogP contribution in [0.5, 0.6) is 11.5 Å². The Morgan fingerprint density at radius 2 is 1.93 bits per heavy atom. The maximum atomic E-state index is 14.0. The average molecular weight is 402 g/mol. The van der Waals surface area contributed by atoms with Gasteiger partial charge in [0.05, 0.1) is 12.8 Å². The van der Waals surface area contributed by atoms with Crippen LogP contribution in [0.3, 0.4) is 0 Å². The number of halogens is 1. The van der Waals surface area contributed by atoms with E-state index in [1.807, 2.05) is 18.2 Å². The number of thiocarbonyl (C=S) groups is 1. The Kier molecular flexibility index (Phi) is 4.80. The first kappa shape index (κ1) is 18.5. The third kappa shape index (κ3) is 3.13. The lowest BCUT2D eigenvalue weighted by Crippen LogP contribution is -2.29. The van der Waals surface area contributed by atoms with Crippen LogP contribution in [0.15, 0.2) is 36.4 Å². The van der Waals surface area contributed by atoms with Crippen molar-refractivity contribution in [3.8, 4) is 11.5 Å². The van der Waals surface area contributed by atoms with E-state index >= 15 is 0 Å². The van der Waals surface area contributed by atoms with Crippen LogP contribution in [0, 0.1) is 5.82 Å². The van der Waals surface area contributed by atoms with E-state index in [0.29, 0.717) is 5.69 Å². The van der Waals surface area contributed by atoms with Gasteiger partial charge in [-0.1, -0.05) is 6.07 Å². The highest BCUT2D eigenvalue weighted by molar-refractivity contribution is 7.80. The summed E-state index contributed by atoms with van der Waals surface area (Å²) in [6.07, 6.45) is 1.18. The first-order chi connectivity index (χ1) is 13.5. The minimum absolute atomic E-state index is 0.000946. The molecule has 2 aromatic rings. The number of phenolic OH excluding ortho intramolecular Hbond substituents is 1.